The molecular weight excluding hydrogens is 283 g/mol. The maximum Gasteiger partial charge on any atom is 0.222 e. The van der Waals surface area contributed by atoms with Crippen LogP contribution in [-0.4, -0.2) is 21.5 Å². The van der Waals surface area contributed by atoms with Crippen LogP contribution >= 0.6 is 11.6 Å². The number of rotatable bonds is 4. The highest BCUT2D eigenvalue weighted by Gasteiger charge is 2.27. The quantitative estimate of drug-likeness (QED) is 0.494. The van der Waals surface area contributed by atoms with Crippen molar-refractivity contribution in [3.8, 4) is 0 Å². The molecule has 20 heavy (non-hydrogen) atoms. The second-order valence-corrected chi connectivity index (χ2v) is 4.51. The Balaban J connectivity index is 2.41. The molecule has 0 fully saturated rings. The zero-order valence-electron chi connectivity index (χ0n) is 10.5. The third-order valence-corrected chi connectivity index (χ3v) is 2.93. The minimum absolute atomic E-state index is 0.0505. The Hall–Kier alpha value is -2.14. The van der Waals surface area contributed by atoms with Crippen LogP contribution in [-0.2, 0) is 4.79 Å². The molecule has 0 amide bonds. The average molecular weight is 293 g/mol. The van der Waals surface area contributed by atoms with Crippen LogP contribution in [0.25, 0.3) is 0 Å². The fraction of sp³-hybridized carbons (Fsp3) is 0.143. The normalized spacial score (nSPS) is 11.9. The molecule has 0 bridgehead atoms. The topological polar surface area (TPSA) is 59.9 Å². The first-order valence-electron chi connectivity index (χ1n) is 5.77. The van der Waals surface area contributed by atoms with Crippen molar-refractivity contribution in [2.75, 3.05) is 0 Å². The van der Waals surface area contributed by atoms with Crippen molar-refractivity contribution in [3.63, 3.8) is 0 Å². The van der Waals surface area contributed by atoms with Crippen molar-refractivity contribution in [3.05, 3.63) is 58.9 Å². The van der Waals surface area contributed by atoms with Gasteiger partial charge in [-0.2, -0.15) is 0 Å². The van der Waals surface area contributed by atoms with Crippen LogP contribution in [0.4, 0.5) is 4.39 Å². The lowest BCUT2D eigenvalue weighted by Gasteiger charge is -2.12. The maximum absolute atomic E-state index is 12.9. The van der Waals surface area contributed by atoms with Gasteiger partial charge in [0.05, 0.1) is 0 Å². The Kier molecular flexibility index (Phi) is 4.20. The number of carbonyl (C=O) groups excluding carboxylic acids is 2. The Bertz CT molecular complexity index is 658. The average Bonchev–Trinajstić information content (AvgIpc) is 2.41. The first-order chi connectivity index (χ1) is 9.49. The molecule has 2 rings (SSSR count). The third-order valence-electron chi connectivity index (χ3n) is 2.75. The zero-order chi connectivity index (χ0) is 14.7. The van der Waals surface area contributed by atoms with E-state index >= 15 is 0 Å². The molecule has 6 heteroatoms. The van der Waals surface area contributed by atoms with Gasteiger partial charge in [0.2, 0.25) is 5.28 Å². The van der Waals surface area contributed by atoms with E-state index in [4.69, 9.17) is 11.6 Å². The first kappa shape index (κ1) is 14.3. The molecule has 0 aliphatic rings. The van der Waals surface area contributed by atoms with Crippen molar-refractivity contribution in [2.24, 2.45) is 0 Å². The van der Waals surface area contributed by atoms with Gasteiger partial charge in [0, 0.05) is 6.20 Å². The van der Waals surface area contributed by atoms with Gasteiger partial charge in [-0.1, -0.05) is 12.1 Å². The second-order valence-electron chi connectivity index (χ2n) is 4.17. The van der Waals surface area contributed by atoms with E-state index in [1.807, 2.05) is 0 Å². The number of carbonyl (C=O) groups is 2. The molecule has 4 nitrogen and oxygen atoms in total. The predicted octanol–water partition coefficient (Wildman–Crippen LogP) is 2.82. The predicted molar refractivity (Wildman–Crippen MR) is 71.2 cm³/mol. The number of hydrogen-bond donors (Lipinski definition) is 0. The van der Waals surface area contributed by atoms with Crippen LogP contribution in [0.1, 0.15) is 28.9 Å². The summed E-state index contributed by atoms with van der Waals surface area (Å²) < 4.78 is 12.9. The number of aromatic nitrogens is 2. The molecule has 2 aromatic rings. The van der Waals surface area contributed by atoms with Gasteiger partial charge >= 0.3 is 0 Å². The Morgan fingerprint density at radius 2 is 1.85 bits per heavy atom. The van der Waals surface area contributed by atoms with Gasteiger partial charge in [-0.25, -0.2) is 14.4 Å². The summed E-state index contributed by atoms with van der Waals surface area (Å²) in [5.41, 5.74) is 0.466. The molecule has 0 aliphatic carbocycles. The minimum Gasteiger partial charge on any atom is -0.299 e. The van der Waals surface area contributed by atoms with Gasteiger partial charge in [0.25, 0.3) is 0 Å². The van der Waals surface area contributed by atoms with E-state index in [1.54, 1.807) is 0 Å². The van der Waals surface area contributed by atoms with E-state index in [1.165, 1.54) is 43.5 Å². The number of hydrogen-bond acceptors (Lipinski definition) is 4. The fourth-order valence-corrected chi connectivity index (χ4v) is 1.99. The SMILES string of the molecule is CC(=O)C(C(=O)c1ccnc(Cl)n1)c1ccc(F)cc1. The Labute approximate surface area is 119 Å². The van der Waals surface area contributed by atoms with Crippen LogP contribution < -0.4 is 0 Å². The standard InChI is InChI=1S/C14H10ClFN2O2/c1-8(19)12(9-2-4-10(16)5-3-9)13(20)11-6-7-17-14(15)18-11/h2-7,12H,1H3. The van der Waals surface area contributed by atoms with Crippen LogP contribution in [0, 0.1) is 5.82 Å². The summed E-state index contributed by atoms with van der Waals surface area (Å²) >= 11 is 5.63. The fourth-order valence-electron chi connectivity index (χ4n) is 1.85. The van der Waals surface area contributed by atoms with Gasteiger partial charge in [-0.15, -0.1) is 0 Å². The highest BCUT2D eigenvalue weighted by molar-refractivity contribution is 6.28. The summed E-state index contributed by atoms with van der Waals surface area (Å²) in [7, 11) is 0. The van der Waals surface area contributed by atoms with Crippen LogP contribution in [0.3, 0.4) is 0 Å². The highest BCUT2D eigenvalue weighted by Crippen LogP contribution is 2.22. The van der Waals surface area contributed by atoms with E-state index < -0.39 is 17.5 Å². The Morgan fingerprint density at radius 3 is 2.40 bits per heavy atom. The molecule has 0 spiro atoms. The molecule has 0 saturated heterocycles. The van der Waals surface area contributed by atoms with Crippen molar-refractivity contribution < 1.29 is 14.0 Å². The molecule has 1 heterocycles. The molecule has 0 N–H and O–H groups in total. The van der Waals surface area contributed by atoms with Gasteiger partial charge in [-0.05, 0) is 42.3 Å². The molecule has 0 radical (unpaired) electrons. The first-order valence-corrected chi connectivity index (χ1v) is 6.15. The number of Topliss-reactive ketones (excluding diaryl/α,β-unsaturated/α-hetero) is 2. The lowest BCUT2D eigenvalue weighted by atomic mass is 9.89. The third kappa shape index (κ3) is 3.05. The summed E-state index contributed by atoms with van der Waals surface area (Å²) in [6.07, 6.45) is 1.34. The van der Waals surface area contributed by atoms with Gasteiger partial charge in [0.1, 0.15) is 23.2 Å². The molecular formula is C14H10ClFN2O2. The smallest absolute Gasteiger partial charge is 0.222 e. The van der Waals surface area contributed by atoms with Gasteiger partial charge in [0.15, 0.2) is 5.78 Å². The van der Waals surface area contributed by atoms with E-state index in [9.17, 15) is 14.0 Å². The molecule has 0 aliphatic heterocycles. The summed E-state index contributed by atoms with van der Waals surface area (Å²) in [6, 6.07) is 6.59. The van der Waals surface area contributed by atoms with E-state index in [2.05, 4.69) is 9.97 Å². The number of ketones is 2. The van der Waals surface area contributed by atoms with Crippen molar-refractivity contribution in [1.82, 2.24) is 9.97 Å². The molecule has 102 valence electrons. The second kappa shape index (κ2) is 5.88. The molecule has 1 aromatic carbocycles. The van der Waals surface area contributed by atoms with Crippen molar-refractivity contribution in [1.29, 1.82) is 0 Å². The summed E-state index contributed by atoms with van der Waals surface area (Å²) in [5, 5.41) is -0.0720. The molecule has 1 unspecified atom stereocenters. The van der Waals surface area contributed by atoms with E-state index in [0.717, 1.165) is 0 Å². The maximum atomic E-state index is 12.9. The largest absolute Gasteiger partial charge is 0.299 e. The van der Waals surface area contributed by atoms with Crippen molar-refractivity contribution in [2.45, 2.75) is 12.8 Å². The Morgan fingerprint density at radius 1 is 1.20 bits per heavy atom. The van der Waals surface area contributed by atoms with Gasteiger partial charge < -0.3 is 0 Å². The monoisotopic (exact) mass is 292 g/mol. The highest BCUT2D eigenvalue weighted by atomic mass is 35.5. The lowest BCUT2D eigenvalue weighted by Crippen LogP contribution is -2.21. The zero-order valence-corrected chi connectivity index (χ0v) is 11.3. The summed E-state index contributed by atoms with van der Waals surface area (Å²) in [6.45, 7) is 1.30. The number of halogens is 2. The van der Waals surface area contributed by atoms with Crippen molar-refractivity contribution >= 4 is 23.2 Å². The summed E-state index contributed by atoms with van der Waals surface area (Å²) in [4.78, 5) is 31.6. The number of benzene rings is 1. The molecule has 1 atom stereocenters. The van der Waals surface area contributed by atoms with Crippen LogP contribution in [0.5, 0.6) is 0 Å². The van der Waals surface area contributed by atoms with Crippen LogP contribution in [0.15, 0.2) is 36.5 Å². The molecule has 1 aromatic heterocycles. The van der Waals surface area contributed by atoms with Crippen LogP contribution in [0.2, 0.25) is 5.28 Å². The molecule has 0 saturated carbocycles. The van der Waals surface area contributed by atoms with E-state index in [0.29, 0.717) is 5.56 Å². The minimum atomic E-state index is -1.03. The summed E-state index contributed by atoms with van der Waals surface area (Å²) in [5.74, 6) is -2.31. The van der Waals surface area contributed by atoms with Gasteiger partial charge in [-0.3, -0.25) is 9.59 Å². The van der Waals surface area contributed by atoms with E-state index in [-0.39, 0.29) is 16.8 Å². The number of nitrogens with zero attached hydrogens (tertiary/aromatic N) is 2. The lowest BCUT2D eigenvalue weighted by molar-refractivity contribution is -0.117.